The standard InChI is InChI=1S/C12H18N2O4S/c13-11-6-10(3-4-12(11)16)19(17,18)14-5-1-2-9(7-14)8-15/h3-4,6,9,15-16H,1-2,5,7-8,13H2. The molecule has 19 heavy (non-hydrogen) atoms. The highest BCUT2D eigenvalue weighted by Gasteiger charge is 2.30. The minimum atomic E-state index is -3.61. The van der Waals surface area contributed by atoms with Gasteiger partial charge in [-0.2, -0.15) is 4.31 Å². The summed E-state index contributed by atoms with van der Waals surface area (Å²) in [6.07, 6.45) is 1.57. The van der Waals surface area contributed by atoms with Gasteiger partial charge in [0.15, 0.2) is 0 Å². The molecule has 7 heteroatoms. The van der Waals surface area contributed by atoms with Crippen molar-refractivity contribution in [3.63, 3.8) is 0 Å². The van der Waals surface area contributed by atoms with Crippen LogP contribution in [0, 0.1) is 5.92 Å². The second-order valence-electron chi connectivity index (χ2n) is 4.77. The van der Waals surface area contributed by atoms with Crippen LogP contribution in [-0.4, -0.2) is 42.6 Å². The van der Waals surface area contributed by atoms with E-state index in [0.29, 0.717) is 13.1 Å². The first-order valence-corrected chi connectivity index (χ1v) is 7.58. The number of rotatable bonds is 3. The third kappa shape index (κ3) is 2.83. The van der Waals surface area contributed by atoms with Gasteiger partial charge in [-0.25, -0.2) is 8.42 Å². The zero-order valence-corrected chi connectivity index (χ0v) is 11.3. The molecule has 0 bridgehead atoms. The maximum atomic E-state index is 12.4. The number of phenolic OH excluding ortho intramolecular Hbond substituents is 1. The summed E-state index contributed by atoms with van der Waals surface area (Å²) in [6, 6.07) is 3.87. The third-order valence-corrected chi connectivity index (χ3v) is 5.24. The van der Waals surface area contributed by atoms with Gasteiger partial charge in [0.05, 0.1) is 10.6 Å². The molecule has 0 amide bonds. The first-order valence-electron chi connectivity index (χ1n) is 6.14. The molecule has 0 spiro atoms. The molecule has 4 N–H and O–H groups in total. The molecule has 1 fully saturated rings. The van der Waals surface area contributed by atoms with E-state index < -0.39 is 10.0 Å². The molecule has 1 aromatic rings. The lowest BCUT2D eigenvalue weighted by molar-refractivity contribution is 0.165. The van der Waals surface area contributed by atoms with Crippen molar-refractivity contribution >= 4 is 15.7 Å². The Morgan fingerprint density at radius 3 is 2.79 bits per heavy atom. The van der Waals surface area contributed by atoms with Crippen molar-refractivity contribution in [1.29, 1.82) is 0 Å². The number of anilines is 1. The number of nitrogen functional groups attached to an aromatic ring is 1. The number of phenols is 1. The summed E-state index contributed by atoms with van der Waals surface area (Å²) in [7, 11) is -3.61. The lowest BCUT2D eigenvalue weighted by Gasteiger charge is -2.31. The van der Waals surface area contributed by atoms with E-state index >= 15 is 0 Å². The number of benzene rings is 1. The highest BCUT2D eigenvalue weighted by Crippen LogP contribution is 2.27. The van der Waals surface area contributed by atoms with Gasteiger partial charge in [0.2, 0.25) is 10.0 Å². The average molecular weight is 286 g/mol. The van der Waals surface area contributed by atoms with Crippen LogP contribution in [0.5, 0.6) is 5.75 Å². The Labute approximate surface area is 112 Å². The van der Waals surface area contributed by atoms with Crippen LogP contribution in [0.3, 0.4) is 0 Å². The van der Waals surface area contributed by atoms with Gasteiger partial charge in [-0.15, -0.1) is 0 Å². The van der Waals surface area contributed by atoms with Gasteiger partial charge < -0.3 is 15.9 Å². The first-order chi connectivity index (χ1) is 8.95. The van der Waals surface area contributed by atoms with Crippen LogP contribution in [0.2, 0.25) is 0 Å². The van der Waals surface area contributed by atoms with Gasteiger partial charge in [0.1, 0.15) is 5.75 Å². The Morgan fingerprint density at radius 2 is 2.16 bits per heavy atom. The van der Waals surface area contributed by atoms with Crippen LogP contribution >= 0.6 is 0 Å². The van der Waals surface area contributed by atoms with Crippen molar-refractivity contribution in [3.8, 4) is 5.75 Å². The highest BCUT2D eigenvalue weighted by atomic mass is 32.2. The van der Waals surface area contributed by atoms with Gasteiger partial charge in [-0.1, -0.05) is 0 Å². The van der Waals surface area contributed by atoms with E-state index in [1.807, 2.05) is 0 Å². The number of hydrogen-bond acceptors (Lipinski definition) is 5. The predicted octanol–water partition coefficient (Wildman–Crippen LogP) is 0.367. The minimum absolute atomic E-state index is 0.0102. The molecule has 0 saturated carbocycles. The Bertz CT molecular complexity index is 559. The number of hydrogen-bond donors (Lipinski definition) is 3. The minimum Gasteiger partial charge on any atom is -0.506 e. The number of piperidine rings is 1. The molecule has 1 heterocycles. The molecule has 2 rings (SSSR count). The van der Waals surface area contributed by atoms with Crippen molar-refractivity contribution < 1.29 is 18.6 Å². The number of aliphatic hydroxyl groups excluding tert-OH is 1. The lowest BCUT2D eigenvalue weighted by atomic mass is 10.0. The van der Waals surface area contributed by atoms with Crippen molar-refractivity contribution in [2.75, 3.05) is 25.4 Å². The quantitative estimate of drug-likeness (QED) is 0.550. The van der Waals surface area contributed by atoms with Crippen LogP contribution < -0.4 is 5.73 Å². The smallest absolute Gasteiger partial charge is 0.243 e. The predicted molar refractivity (Wildman–Crippen MR) is 71.1 cm³/mol. The number of nitrogens with two attached hydrogens (primary N) is 1. The second-order valence-corrected chi connectivity index (χ2v) is 6.71. The normalized spacial score (nSPS) is 21.4. The summed E-state index contributed by atoms with van der Waals surface area (Å²) >= 11 is 0. The highest BCUT2D eigenvalue weighted by molar-refractivity contribution is 7.89. The summed E-state index contributed by atoms with van der Waals surface area (Å²) in [4.78, 5) is 0.0707. The van der Waals surface area contributed by atoms with E-state index in [1.165, 1.54) is 22.5 Å². The van der Waals surface area contributed by atoms with Crippen LogP contribution in [0.25, 0.3) is 0 Å². The van der Waals surface area contributed by atoms with Gasteiger partial charge in [0, 0.05) is 19.7 Å². The first kappa shape index (κ1) is 14.1. The summed E-state index contributed by atoms with van der Waals surface area (Å²) in [5.41, 5.74) is 5.57. The van der Waals surface area contributed by atoms with Crippen molar-refractivity contribution in [2.45, 2.75) is 17.7 Å². The number of aromatic hydroxyl groups is 1. The summed E-state index contributed by atoms with van der Waals surface area (Å²) < 4.78 is 26.2. The van der Waals surface area contributed by atoms with E-state index in [4.69, 9.17) is 10.8 Å². The Hall–Kier alpha value is -1.31. The molecule has 6 nitrogen and oxygen atoms in total. The van der Waals surface area contributed by atoms with Gasteiger partial charge in [0.25, 0.3) is 0 Å². The molecule has 0 aliphatic carbocycles. The topological polar surface area (TPSA) is 104 Å². The molecule has 1 unspecified atom stereocenters. The lowest BCUT2D eigenvalue weighted by Crippen LogP contribution is -2.40. The van der Waals surface area contributed by atoms with Gasteiger partial charge in [-0.3, -0.25) is 0 Å². The summed E-state index contributed by atoms with van der Waals surface area (Å²) in [5, 5.41) is 18.5. The maximum Gasteiger partial charge on any atom is 0.243 e. The average Bonchev–Trinajstić information content (AvgIpc) is 2.41. The van der Waals surface area contributed by atoms with Crippen molar-refractivity contribution in [2.24, 2.45) is 5.92 Å². The molecule has 1 aliphatic heterocycles. The number of nitrogens with zero attached hydrogens (tertiary/aromatic N) is 1. The summed E-state index contributed by atoms with van der Waals surface area (Å²) in [6.45, 7) is 0.753. The maximum absolute atomic E-state index is 12.4. The Morgan fingerprint density at radius 1 is 1.42 bits per heavy atom. The van der Waals surface area contributed by atoms with Crippen molar-refractivity contribution in [3.05, 3.63) is 18.2 Å². The van der Waals surface area contributed by atoms with E-state index in [1.54, 1.807) is 0 Å². The van der Waals surface area contributed by atoms with Crippen LogP contribution in [0.1, 0.15) is 12.8 Å². The second kappa shape index (κ2) is 5.36. The Balaban J connectivity index is 2.28. The molecule has 1 aliphatic rings. The van der Waals surface area contributed by atoms with Crippen LogP contribution in [0.4, 0.5) is 5.69 Å². The third-order valence-electron chi connectivity index (χ3n) is 3.38. The fourth-order valence-corrected chi connectivity index (χ4v) is 3.83. The fraction of sp³-hybridized carbons (Fsp3) is 0.500. The number of sulfonamides is 1. The van der Waals surface area contributed by atoms with E-state index in [2.05, 4.69) is 0 Å². The van der Waals surface area contributed by atoms with Crippen LogP contribution in [0.15, 0.2) is 23.1 Å². The largest absolute Gasteiger partial charge is 0.506 e. The van der Waals surface area contributed by atoms with Gasteiger partial charge in [-0.05, 0) is 37.0 Å². The Kier molecular flexibility index (Phi) is 3.98. The molecule has 0 aromatic heterocycles. The van der Waals surface area contributed by atoms with E-state index in [-0.39, 0.29) is 28.9 Å². The van der Waals surface area contributed by atoms with Gasteiger partial charge >= 0.3 is 0 Å². The molecular weight excluding hydrogens is 268 g/mol. The zero-order chi connectivity index (χ0) is 14.0. The molecule has 1 aromatic carbocycles. The molecule has 106 valence electrons. The fourth-order valence-electron chi connectivity index (χ4n) is 2.24. The zero-order valence-electron chi connectivity index (χ0n) is 10.5. The summed E-state index contributed by atoms with van der Waals surface area (Å²) in [5.74, 6) is -0.149. The number of aliphatic hydroxyl groups is 1. The van der Waals surface area contributed by atoms with Crippen LogP contribution in [-0.2, 0) is 10.0 Å². The molecular formula is C12H18N2O4S. The molecule has 1 atom stereocenters. The van der Waals surface area contributed by atoms with Crippen molar-refractivity contribution in [1.82, 2.24) is 4.31 Å². The monoisotopic (exact) mass is 286 g/mol. The van der Waals surface area contributed by atoms with E-state index in [0.717, 1.165) is 12.8 Å². The molecule has 1 saturated heterocycles. The van der Waals surface area contributed by atoms with E-state index in [9.17, 15) is 13.5 Å². The SMILES string of the molecule is Nc1cc(S(=O)(=O)N2CCCC(CO)C2)ccc1O. The molecule has 0 radical (unpaired) electrons.